The lowest BCUT2D eigenvalue weighted by molar-refractivity contribution is 0.230. The second-order valence-electron chi connectivity index (χ2n) is 4.87. The van der Waals surface area contributed by atoms with Crippen LogP contribution in [0.4, 0.5) is 5.82 Å². The first-order chi connectivity index (χ1) is 8.22. The SMILES string of the molecule is Cc1nc(I)cc(N2CCN3CCC[C@@H]3C2)n1. The maximum Gasteiger partial charge on any atom is 0.133 e. The molecule has 2 aliphatic heterocycles. The molecule has 1 aromatic heterocycles. The molecule has 0 spiro atoms. The Bertz CT molecular complexity index is 403. The van der Waals surface area contributed by atoms with Gasteiger partial charge in [-0.2, -0.15) is 0 Å². The summed E-state index contributed by atoms with van der Waals surface area (Å²) >= 11 is 2.27. The number of fused-ring (bicyclic) bond motifs is 1. The van der Waals surface area contributed by atoms with Gasteiger partial charge in [0.2, 0.25) is 0 Å². The summed E-state index contributed by atoms with van der Waals surface area (Å²) in [6.45, 7) is 6.68. The van der Waals surface area contributed by atoms with E-state index in [0.29, 0.717) is 0 Å². The molecule has 2 aliphatic rings. The van der Waals surface area contributed by atoms with E-state index in [1.54, 1.807) is 0 Å². The van der Waals surface area contributed by atoms with Crippen LogP contribution in [0.1, 0.15) is 18.7 Å². The van der Waals surface area contributed by atoms with Crippen molar-refractivity contribution < 1.29 is 0 Å². The number of halogens is 1. The molecule has 17 heavy (non-hydrogen) atoms. The molecule has 0 saturated carbocycles. The summed E-state index contributed by atoms with van der Waals surface area (Å²) in [4.78, 5) is 13.9. The second kappa shape index (κ2) is 4.68. The van der Waals surface area contributed by atoms with E-state index in [2.05, 4.69) is 48.4 Å². The summed E-state index contributed by atoms with van der Waals surface area (Å²) < 4.78 is 1.04. The first-order valence-corrected chi connectivity index (χ1v) is 7.30. The van der Waals surface area contributed by atoms with Crippen molar-refractivity contribution in [3.63, 3.8) is 0 Å². The molecule has 0 aromatic carbocycles. The average molecular weight is 344 g/mol. The van der Waals surface area contributed by atoms with Gasteiger partial charge in [0.05, 0.1) is 0 Å². The predicted molar refractivity (Wildman–Crippen MR) is 76.3 cm³/mol. The molecule has 2 saturated heterocycles. The molecule has 3 heterocycles. The molecule has 4 nitrogen and oxygen atoms in total. The normalized spacial score (nSPS) is 25.1. The molecular weight excluding hydrogens is 327 g/mol. The topological polar surface area (TPSA) is 32.3 Å². The maximum atomic E-state index is 4.56. The Morgan fingerprint density at radius 1 is 1.29 bits per heavy atom. The second-order valence-corrected chi connectivity index (χ2v) is 5.98. The van der Waals surface area contributed by atoms with Crippen LogP contribution in [0.2, 0.25) is 0 Å². The van der Waals surface area contributed by atoms with Crippen molar-refractivity contribution in [2.24, 2.45) is 0 Å². The third-order valence-electron chi connectivity index (χ3n) is 3.70. The van der Waals surface area contributed by atoms with Gasteiger partial charge in [-0.1, -0.05) is 0 Å². The van der Waals surface area contributed by atoms with E-state index in [1.165, 1.54) is 25.9 Å². The molecule has 0 radical (unpaired) electrons. The van der Waals surface area contributed by atoms with Crippen LogP contribution in [0, 0.1) is 10.6 Å². The summed E-state index contributed by atoms with van der Waals surface area (Å²) in [6.07, 6.45) is 2.70. The van der Waals surface area contributed by atoms with Crippen LogP contribution in [0.15, 0.2) is 6.07 Å². The highest BCUT2D eigenvalue weighted by atomic mass is 127. The first-order valence-electron chi connectivity index (χ1n) is 6.22. The number of anilines is 1. The summed E-state index contributed by atoms with van der Waals surface area (Å²) in [5.41, 5.74) is 0. The number of nitrogens with zero attached hydrogens (tertiary/aromatic N) is 4. The molecule has 2 fully saturated rings. The maximum absolute atomic E-state index is 4.56. The van der Waals surface area contributed by atoms with Crippen molar-refractivity contribution in [3.05, 3.63) is 15.6 Å². The zero-order chi connectivity index (χ0) is 11.8. The molecule has 3 rings (SSSR count). The van der Waals surface area contributed by atoms with Crippen molar-refractivity contribution in [3.8, 4) is 0 Å². The molecule has 92 valence electrons. The fourth-order valence-corrected chi connectivity index (χ4v) is 3.51. The molecule has 0 aliphatic carbocycles. The molecular formula is C12H17IN4. The summed E-state index contributed by atoms with van der Waals surface area (Å²) in [6, 6.07) is 2.84. The Morgan fingerprint density at radius 3 is 3.00 bits per heavy atom. The van der Waals surface area contributed by atoms with Crippen molar-refractivity contribution in [2.45, 2.75) is 25.8 Å². The zero-order valence-electron chi connectivity index (χ0n) is 10.1. The van der Waals surface area contributed by atoms with Gasteiger partial charge in [-0.15, -0.1) is 0 Å². The number of aromatic nitrogens is 2. The van der Waals surface area contributed by atoms with Crippen LogP contribution in [0.5, 0.6) is 0 Å². The number of hydrogen-bond donors (Lipinski definition) is 0. The van der Waals surface area contributed by atoms with Crippen molar-refractivity contribution in [1.82, 2.24) is 14.9 Å². The third kappa shape index (κ3) is 2.40. The quantitative estimate of drug-likeness (QED) is 0.573. The van der Waals surface area contributed by atoms with E-state index in [1.807, 2.05) is 6.92 Å². The van der Waals surface area contributed by atoms with Crippen LogP contribution >= 0.6 is 22.6 Å². The fraction of sp³-hybridized carbons (Fsp3) is 0.667. The molecule has 0 bridgehead atoms. The standard InChI is InChI=1S/C12H17IN4/c1-9-14-11(13)7-12(15-9)17-6-5-16-4-2-3-10(16)8-17/h7,10H,2-6,8H2,1H3/t10-/m1/s1. The Labute approximate surface area is 116 Å². The molecule has 1 aromatic rings. The third-order valence-corrected chi connectivity index (χ3v) is 4.26. The highest BCUT2D eigenvalue weighted by Crippen LogP contribution is 2.24. The van der Waals surface area contributed by atoms with E-state index >= 15 is 0 Å². The number of aryl methyl sites for hydroxylation is 1. The fourth-order valence-electron chi connectivity index (χ4n) is 2.88. The van der Waals surface area contributed by atoms with Crippen LogP contribution in [-0.2, 0) is 0 Å². The number of piperazine rings is 1. The average Bonchev–Trinajstić information content (AvgIpc) is 2.74. The highest BCUT2D eigenvalue weighted by molar-refractivity contribution is 14.1. The molecule has 0 amide bonds. The van der Waals surface area contributed by atoms with Gasteiger partial charge < -0.3 is 4.90 Å². The van der Waals surface area contributed by atoms with E-state index in [0.717, 1.165) is 34.5 Å². The van der Waals surface area contributed by atoms with Gasteiger partial charge in [0.25, 0.3) is 0 Å². The van der Waals surface area contributed by atoms with Crippen molar-refractivity contribution >= 4 is 28.4 Å². The van der Waals surface area contributed by atoms with E-state index < -0.39 is 0 Å². The minimum absolute atomic E-state index is 0.747. The smallest absolute Gasteiger partial charge is 0.133 e. The van der Waals surface area contributed by atoms with Gasteiger partial charge in [-0.05, 0) is 48.9 Å². The van der Waals surface area contributed by atoms with Crippen LogP contribution < -0.4 is 4.90 Å². The van der Waals surface area contributed by atoms with Gasteiger partial charge in [-0.25, -0.2) is 9.97 Å². The lowest BCUT2D eigenvalue weighted by Crippen LogP contribution is -2.50. The molecule has 0 N–H and O–H groups in total. The minimum Gasteiger partial charge on any atom is -0.354 e. The van der Waals surface area contributed by atoms with E-state index in [9.17, 15) is 0 Å². The summed E-state index contributed by atoms with van der Waals surface area (Å²) in [7, 11) is 0. The van der Waals surface area contributed by atoms with Gasteiger partial charge in [0.15, 0.2) is 0 Å². The lowest BCUT2D eigenvalue weighted by atomic mass is 10.1. The Kier molecular flexibility index (Phi) is 3.21. The van der Waals surface area contributed by atoms with E-state index in [-0.39, 0.29) is 0 Å². The van der Waals surface area contributed by atoms with Gasteiger partial charge >= 0.3 is 0 Å². The Balaban J connectivity index is 1.80. The number of hydrogen-bond acceptors (Lipinski definition) is 4. The monoisotopic (exact) mass is 344 g/mol. The zero-order valence-corrected chi connectivity index (χ0v) is 12.2. The van der Waals surface area contributed by atoms with E-state index in [4.69, 9.17) is 0 Å². The van der Waals surface area contributed by atoms with Gasteiger partial charge in [0.1, 0.15) is 15.3 Å². The summed E-state index contributed by atoms with van der Waals surface area (Å²) in [5, 5.41) is 0. The molecule has 0 unspecified atom stereocenters. The summed E-state index contributed by atoms with van der Waals surface area (Å²) in [5.74, 6) is 1.98. The Hall–Kier alpha value is -0.430. The van der Waals surface area contributed by atoms with Gasteiger partial charge in [-0.3, -0.25) is 4.90 Å². The van der Waals surface area contributed by atoms with Crippen LogP contribution in [0.25, 0.3) is 0 Å². The van der Waals surface area contributed by atoms with Crippen molar-refractivity contribution in [1.29, 1.82) is 0 Å². The minimum atomic E-state index is 0.747. The van der Waals surface area contributed by atoms with Gasteiger partial charge in [0, 0.05) is 31.7 Å². The first kappa shape index (κ1) is 11.6. The van der Waals surface area contributed by atoms with Crippen molar-refractivity contribution in [2.75, 3.05) is 31.1 Å². The Morgan fingerprint density at radius 2 is 2.18 bits per heavy atom. The van der Waals surface area contributed by atoms with Crippen LogP contribution in [0.3, 0.4) is 0 Å². The predicted octanol–water partition coefficient (Wildman–Crippen LogP) is 1.67. The lowest BCUT2D eigenvalue weighted by Gasteiger charge is -2.38. The number of rotatable bonds is 1. The molecule has 5 heteroatoms. The highest BCUT2D eigenvalue weighted by Gasteiger charge is 2.31. The molecule has 1 atom stereocenters. The van der Waals surface area contributed by atoms with Crippen LogP contribution in [-0.4, -0.2) is 47.1 Å². The largest absolute Gasteiger partial charge is 0.354 e.